The van der Waals surface area contributed by atoms with Crippen LogP contribution >= 0.6 is 78.3 Å². The van der Waals surface area contributed by atoms with Crippen LogP contribution in [0.25, 0.3) is 0 Å². The number of benzene rings is 2. The number of pyridine rings is 2. The van der Waals surface area contributed by atoms with E-state index in [0.29, 0.717) is 26.5 Å². The molecule has 0 aliphatic rings. The fraction of sp³-hybridized carbons (Fsp3) is 0.120. The number of rotatable bonds is 6. The van der Waals surface area contributed by atoms with Crippen LogP contribution in [0.4, 0.5) is 15.8 Å². The Bertz CT molecular complexity index is 1610. The second-order valence-electron chi connectivity index (χ2n) is 7.42. The number of aromatic nitrogens is 2. The standard InChI is InChI=1S/C12H7BrCl2N2O4.C6H6BrNO2.C6H2Cl2FNO2.CH4/c1-20-12-8(13)4-7(5-16-12)21-11-9(14)2-6(17(18)19)3-10(11)15;1-10-6-5(7)2-4(9)3-8-6;7-4-1-3(10(11)12)2-5(8)6(4)9;/h2-5H,1H3;2-3,9H,1H3;1-2H;1H4. The van der Waals surface area contributed by atoms with Gasteiger partial charge in [-0.25, -0.2) is 14.4 Å². The van der Waals surface area contributed by atoms with Gasteiger partial charge in [-0.3, -0.25) is 20.2 Å². The predicted octanol–water partition coefficient (Wildman–Crippen LogP) is 10.1. The van der Waals surface area contributed by atoms with Crippen molar-refractivity contribution in [1.82, 2.24) is 9.97 Å². The Morgan fingerprint density at radius 1 is 0.773 bits per heavy atom. The molecule has 0 saturated carbocycles. The van der Waals surface area contributed by atoms with Crippen molar-refractivity contribution in [3.63, 3.8) is 0 Å². The summed E-state index contributed by atoms with van der Waals surface area (Å²) in [6, 6.07) is 7.26. The summed E-state index contributed by atoms with van der Waals surface area (Å²) in [4.78, 5) is 27.4. The number of hydrogen-bond donors (Lipinski definition) is 1. The molecule has 1 N–H and O–H groups in total. The molecule has 4 rings (SSSR count). The van der Waals surface area contributed by atoms with Crippen molar-refractivity contribution in [3.8, 4) is 29.0 Å². The third-order valence-corrected chi connectivity index (χ3v) is 6.80. The van der Waals surface area contributed by atoms with E-state index in [2.05, 4.69) is 41.8 Å². The van der Waals surface area contributed by atoms with Gasteiger partial charge in [0.2, 0.25) is 11.8 Å². The lowest BCUT2D eigenvalue weighted by Crippen LogP contribution is -1.93. The highest BCUT2D eigenvalue weighted by atomic mass is 79.9. The molecule has 0 bridgehead atoms. The van der Waals surface area contributed by atoms with Gasteiger partial charge in [0.25, 0.3) is 11.4 Å². The molecule has 44 heavy (non-hydrogen) atoms. The minimum absolute atomic E-state index is 0. The Labute approximate surface area is 286 Å². The Balaban J connectivity index is 0.000000358. The summed E-state index contributed by atoms with van der Waals surface area (Å²) >= 11 is 28.9. The van der Waals surface area contributed by atoms with Crippen LogP contribution in [-0.4, -0.2) is 39.1 Å². The van der Waals surface area contributed by atoms with Crippen LogP contribution in [0.3, 0.4) is 0 Å². The van der Waals surface area contributed by atoms with E-state index >= 15 is 0 Å². The van der Waals surface area contributed by atoms with Crippen LogP contribution in [0.1, 0.15) is 7.43 Å². The Kier molecular flexibility index (Phi) is 15.8. The average Bonchev–Trinajstić information content (AvgIpc) is 2.94. The fourth-order valence-corrected chi connectivity index (χ4v) is 4.71. The third-order valence-electron chi connectivity index (χ3n) is 4.56. The van der Waals surface area contributed by atoms with E-state index in [1.807, 2.05) is 0 Å². The predicted molar refractivity (Wildman–Crippen MR) is 172 cm³/mol. The van der Waals surface area contributed by atoms with E-state index in [-0.39, 0.29) is 50.4 Å². The molecular formula is C25H19Br2Cl4FN4O8. The Hall–Kier alpha value is -3.21. The van der Waals surface area contributed by atoms with Crippen molar-refractivity contribution >= 4 is 89.6 Å². The van der Waals surface area contributed by atoms with Gasteiger partial charge in [-0.2, -0.15) is 0 Å². The molecule has 0 fully saturated rings. The Morgan fingerprint density at radius 2 is 1.18 bits per heavy atom. The zero-order valence-electron chi connectivity index (χ0n) is 21.4. The van der Waals surface area contributed by atoms with Crippen LogP contribution in [0, 0.1) is 26.0 Å². The highest BCUT2D eigenvalue weighted by Crippen LogP contribution is 2.40. The summed E-state index contributed by atoms with van der Waals surface area (Å²) in [6.07, 6.45) is 2.74. The van der Waals surface area contributed by atoms with Crippen molar-refractivity contribution in [2.75, 3.05) is 14.2 Å². The largest absolute Gasteiger partial charge is 0.506 e. The molecule has 0 spiro atoms. The smallest absolute Gasteiger partial charge is 0.272 e. The van der Waals surface area contributed by atoms with Gasteiger partial charge >= 0.3 is 0 Å². The van der Waals surface area contributed by atoms with Gasteiger partial charge in [0.1, 0.15) is 11.5 Å². The van der Waals surface area contributed by atoms with Gasteiger partial charge in [-0.15, -0.1) is 0 Å². The topological polar surface area (TPSA) is 160 Å². The summed E-state index contributed by atoms with van der Waals surface area (Å²) in [5, 5.41) is 29.1. The van der Waals surface area contributed by atoms with E-state index in [4.69, 9.17) is 65.7 Å². The molecule has 2 heterocycles. The second-order valence-corrected chi connectivity index (χ2v) is 10.8. The first-order valence-electron chi connectivity index (χ1n) is 10.9. The number of halogens is 7. The van der Waals surface area contributed by atoms with Crippen molar-refractivity contribution in [2.24, 2.45) is 0 Å². The second kappa shape index (κ2) is 17.9. The SMILES string of the molecule is C.COc1ncc(O)cc1Br.COc1ncc(Oc2c(Cl)cc([N+](=O)[O-])cc2Cl)cc1Br.O=[N+]([O-])c1cc(Cl)c(F)c(Cl)c1. The summed E-state index contributed by atoms with van der Waals surface area (Å²) < 4.78 is 29.3. The molecular weight excluding hydrogens is 805 g/mol. The molecule has 0 atom stereocenters. The van der Waals surface area contributed by atoms with Gasteiger partial charge in [-0.1, -0.05) is 53.8 Å². The van der Waals surface area contributed by atoms with Crippen LogP contribution in [0.5, 0.6) is 29.0 Å². The van der Waals surface area contributed by atoms with Crippen LogP contribution in [0.2, 0.25) is 20.1 Å². The molecule has 0 aliphatic carbocycles. The van der Waals surface area contributed by atoms with Crippen LogP contribution in [0.15, 0.2) is 57.7 Å². The first-order valence-corrected chi connectivity index (χ1v) is 14.0. The van der Waals surface area contributed by atoms with Crippen LogP contribution < -0.4 is 14.2 Å². The fourth-order valence-electron chi connectivity index (χ4n) is 2.69. The van der Waals surface area contributed by atoms with E-state index in [9.17, 15) is 24.6 Å². The van der Waals surface area contributed by atoms with Crippen molar-refractivity contribution in [2.45, 2.75) is 7.43 Å². The first-order chi connectivity index (χ1) is 20.2. The molecule has 2 aromatic carbocycles. The van der Waals surface area contributed by atoms with E-state index in [0.717, 1.165) is 24.3 Å². The van der Waals surface area contributed by atoms with Gasteiger partial charge in [0, 0.05) is 36.4 Å². The highest BCUT2D eigenvalue weighted by molar-refractivity contribution is 9.10. The lowest BCUT2D eigenvalue weighted by Gasteiger charge is -2.10. The molecule has 0 radical (unpaired) electrons. The lowest BCUT2D eigenvalue weighted by molar-refractivity contribution is -0.385. The number of methoxy groups -OCH3 is 2. The zero-order valence-corrected chi connectivity index (χ0v) is 27.6. The number of aromatic hydroxyl groups is 1. The molecule has 19 heteroatoms. The van der Waals surface area contributed by atoms with Crippen molar-refractivity contribution in [1.29, 1.82) is 0 Å². The molecule has 236 valence electrons. The normalized spacial score (nSPS) is 9.75. The van der Waals surface area contributed by atoms with Gasteiger partial charge in [0.05, 0.1) is 65.5 Å². The molecule has 2 aromatic heterocycles. The monoisotopic (exact) mass is 820 g/mol. The molecule has 0 saturated heterocycles. The molecule has 0 unspecified atom stereocenters. The summed E-state index contributed by atoms with van der Waals surface area (Å²) in [7, 11) is 3.00. The maximum atomic E-state index is 12.7. The number of nitro benzene ring substituents is 2. The minimum atomic E-state index is -0.844. The highest BCUT2D eigenvalue weighted by Gasteiger charge is 2.17. The maximum absolute atomic E-state index is 12.7. The van der Waals surface area contributed by atoms with Crippen molar-refractivity contribution in [3.05, 3.63) is 104 Å². The van der Waals surface area contributed by atoms with Gasteiger partial charge < -0.3 is 19.3 Å². The maximum Gasteiger partial charge on any atom is 0.272 e. The first kappa shape index (κ1) is 38.8. The average molecular weight is 824 g/mol. The quantitative estimate of drug-likeness (QED) is 0.113. The van der Waals surface area contributed by atoms with Crippen molar-refractivity contribution < 1.29 is 33.6 Å². The number of nitro groups is 2. The number of non-ortho nitro benzene ring substituents is 2. The van der Waals surface area contributed by atoms with E-state index in [1.54, 1.807) is 6.07 Å². The molecule has 4 aromatic rings. The molecule has 12 nitrogen and oxygen atoms in total. The zero-order chi connectivity index (χ0) is 32.4. The lowest BCUT2D eigenvalue weighted by atomic mass is 10.3. The van der Waals surface area contributed by atoms with E-state index < -0.39 is 15.7 Å². The summed E-state index contributed by atoms with van der Waals surface area (Å²) in [6.45, 7) is 0. The minimum Gasteiger partial charge on any atom is -0.506 e. The molecule has 0 amide bonds. The number of nitrogens with zero attached hydrogens (tertiary/aromatic N) is 4. The number of hydrogen-bond acceptors (Lipinski definition) is 10. The number of ether oxygens (including phenoxy) is 3. The molecule has 0 aliphatic heterocycles. The Morgan fingerprint density at radius 3 is 1.57 bits per heavy atom. The third kappa shape index (κ3) is 11.1. The van der Waals surface area contributed by atoms with E-state index in [1.165, 1.54) is 32.7 Å². The van der Waals surface area contributed by atoms with Gasteiger partial charge in [0.15, 0.2) is 11.6 Å². The summed E-state index contributed by atoms with van der Waals surface area (Å²) in [5.74, 6) is 0.598. The van der Waals surface area contributed by atoms with Crippen LogP contribution in [-0.2, 0) is 0 Å². The van der Waals surface area contributed by atoms with Gasteiger partial charge in [-0.05, 0) is 31.9 Å². The summed E-state index contributed by atoms with van der Waals surface area (Å²) in [5.41, 5.74) is -0.544.